The summed E-state index contributed by atoms with van der Waals surface area (Å²) in [5.41, 5.74) is 0. The summed E-state index contributed by atoms with van der Waals surface area (Å²) in [6.07, 6.45) is 59.8. The summed E-state index contributed by atoms with van der Waals surface area (Å²) in [6.45, 7) is 5.74. The molecule has 0 radical (unpaired) electrons. The monoisotopic (exact) mass is 1110 g/mol. The van der Waals surface area contributed by atoms with Gasteiger partial charge in [0.2, 0.25) is 5.91 Å². The van der Waals surface area contributed by atoms with Gasteiger partial charge in [-0.3, -0.25) is 9.59 Å². The standard InChI is InChI=1S/C68H123NO10/c1-4-7-10-13-16-19-22-24-26-27-28-29-30-31-32-33-34-36-37-40-43-46-49-52-55-61(72)67(76)69-59(60(71)54-51-48-45-42-39-21-18-15-12-9-6-3)58-77-68-66(65(75)64(74)62(57-70)78-68)79-63(73)56-53-50-47-44-41-38-35-25-23-20-17-14-11-8-5-2/h16-17,19-20,23-26,51,54,59-62,64-66,68,70-72,74-75H,4-15,18,21-22,27-50,52-53,55-58H2,1-3H3,(H,69,76)/b19-16-,20-17+,25-23+,26-24-,54-51+. The summed E-state index contributed by atoms with van der Waals surface area (Å²) in [5.74, 6) is -1.20. The fourth-order valence-corrected chi connectivity index (χ4v) is 10.1. The van der Waals surface area contributed by atoms with Gasteiger partial charge in [-0.1, -0.05) is 268 Å². The molecule has 0 aromatic heterocycles. The second-order valence-corrected chi connectivity index (χ2v) is 22.9. The predicted octanol–water partition coefficient (Wildman–Crippen LogP) is 16.2. The summed E-state index contributed by atoms with van der Waals surface area (Å²) in [6, 6.07) is -1.03. The molecule has 0 aromatic rings. The summed E-state index contributed by atoms with van der Waals surface area (Å²) in [5, 5.41) is 57.0. The molecular weight excluding hydrogens is 991 g/mol. The van der Waals surface area contributed by atoms with Gasteiger partial charge in [0.1, 0.15) is 24.4 Å². The first-order chi connectivity index (χ1) is 38.7. The van der Waals surface area contributed by atoms with Crippen molar-refractivity contribution in [3.05, 3.63) is 60.8 Å². The maximum atomic E-state index is 13.4. The molecule has 1 aliphatic rings. The van der Waals surface area contributed by atoms with Gasteiger partial charge in [-0.2, -0.15) is 0 Å². The molecular formula is C68H123NO10. The maximum Gasteiger partial charge on any atom is 0.306 e. The molecule has 79 heavy (non-hydrogen) atoms. The zero-order valence-corrected chi connectivity index (χ0v) is 51.0. The minimum absolute atomic E-state index is 0.110. The van der Waals surface area contributed by atoms with Crippen LogP contribution in [0.4, 0.5) is 0 Å². The smallest absolute Gasteiger partial charge is 0.306 e. The van der Waals surface area contributed by atoms with Crippen molar-refractivity contribution >= 4 is 11.9 Å². The molecule has 0 bridgehead atoms. The van der Waals surface area contributed by atoms with Crippen molar-refractivity contribution in [1.82, 2.24) is 5.32 Å². The average Bonchev–Trinajstić information content (AvgIpc) is 3.44. The van der Waals surface area contributed by atoms with Gasteiger partial charge >= 0.3 is 5.97 Å². The highest BCUT2D eigenvalue weighted by atomic mass is 16.7. The normalized spacial score (nSPS) is 19.2. The molecule has 0 spiro atoms. The fraction of sp³-hybridized carbons (Fsp3) is 0.824. The second-order valence-electron chi connectivity index (χ2n) is 22.9. The number of allylic oxidation sites excluding steroid dienone is 9. The highest BCUT2D eigenvalue weighted by Gasteiger charge is 2.47. The van der Waals surface area contributed by atoms with E-state index in [1.165, 1.54) is 161 Å². The van der Waals surface area contributed by atoms with E-state index in [1.807, 2.05) is 6.08 Å². The van der Waals surface area contributed by atoms with Crippen LogP contribution in [0.2, 0.25) is 0 Å². The van der Waals surface area contributed by atoms with Gasteiger partial charge < -0.3 is 45.1 Å². The van der Waals surface area contributed by atoms with Crippen molar-refractivity contribution in [3.63, 3.8) is 0 Å². The van der Waals surface area contributed by atoms with Crippen molar-refractivity contribution in [2.24, 2.45) is 0 Å². The third-order valence-electron chi connectivity index (χ3n) is 15.4. The summed E-state index contributed by atoms with van der Waals surface area (Å²) in [4.78, 5) is 26.6. The Morgan fingerprint density at radius 3 is 1.39 bits per heavy atom. The number of amides is 1. The van der Waals surface area contributed by atoms with Crippen molar-refractivity contribution in [1.29, 1.82) is 0 Å². The van der Waals surface area contributed by atoms with E-state index in [0.717, 1.165) is 89.9 Å². The van der Waals surface area contributed by atoms with E-state index in [0.29, 0.717) is 19.3 Å². The van der Waals surface area contributed by atoms with E-state index in [4.69, 9.17) is 14.2 Å². The lowest BCUT2D eigenvalue weighted by Crippen LogP contribution is -2.61. The lowest BCUT2D eigenvalue weighted by molar-refractivity contribution is -0.305. The Balaban J connectivity index is 2.59. The van der Waals surface area contributed by atoms with Crippen LogP contribution in [-0.2, 0) is 23.8 Å². The predicted molar refractivity (Wildman–Crippen MR) is 329 cm³/mol. The molecule has 11 nitrogen and oxygen atoms in total. The summed E-state index contributed by atoms with van der Waals surface area (Å²) < 4.78 is 17.6. The molecule has 6 N–H and O–H groups in total. The van der Waals surface area contributed by atoms with Gasteiger partial charge in [0.25, 0.3) is 0 Å². The van der Waals surface area contributed by atoms with E-state index in [1.54, 1.807) is 6.08 Å². The summed E-state index contributed by atoms with van der Waals surface area (Å²) in [7, 11) is 0. The minimum atomic E-state index is -1.62. The number of nitrogens with one attached hydrogen (secondary N) is 1. The Bertz CT molecular complexity index is 1510. The molecule has 11 heteroatoms. The Kier molecular flexibility index (Phi) is 52.6. The third-order valence-corrected chi connectivity index (χ3v) is 15.4. The number of hydrogen-bond donors (Lipinski definition) is 6. The average molecular weight is 1110 g/mol. The molecule has 8 unspecified atom stereocenters. The van der Waals surface area contributed by atoms with Crippen LogP contribution in [0, 0.1) is 0 Å². The number of aliphatic hydroxyl groups excluding tert-OH is 5. The van der Waals surface area contributed by atoms with Crippen molar-refractivity contribution < 1.29 is 49.3 Å². The van der Waals surface area contributed by atoms with Crippen LogP contribution in [0.25, 0.3) is 0 Å². The van der Waals surface area contributed by atoms with E-state index < -0.39 is 67.4 Å². The molecule has 1 heterocycles. The summed E-state index contributed by atoms with van der Waals surface area (Å²) >= 11 is 0. The molecule has 1 amide bonds. The van der Waals surface area contributed by atoms with Crippen LogP contribution in [0.5, 0.6) is 0 Å². The van der Waals surface area contributed by atoms with Gasteiger partial charge in [0.05, 0.1) is 25.4 Å². The fourth-order valence-electron chi connectivity index (χ4n) is 10.1. The van der Waals surface area contributed by atoms with Crippen LogP contribution in [-0.4, -0.2) is 99.6 Å². The number of unbranched alkanes of at least 4 members (excludes halogenated alkanes) is 35. The molecule has 0 aromatic carbocycles. The zero-order valence-electron chi connectivity index (χ0n) is 51.0. The number of carbonyl (C=O) groups excluding carboxylic acids is 2. The lowest BCUT2D eigenvalue weighted by atomic mass is 9.99. The van der Waals surface area contributed by atoms with E-state index in [-0.39, 0.29) is 13.0 Å². The number of carbonyl (C=O) groups is 2. The van der Waals surface area contributed by atoms with Crippen LogP contribution < -0.4 is 5.32 Å². The van der Waals surface area contributed by atoms with Crippen molar-refractivity contribution in [2.45, 2.75) is 346 Å². The Morgan fingerprint density at radius 1 is 0.506 bits per heavy atom. The second kappa shape index (κ2) is 55.9. The van der Waals surface area contributed by atoms with Gasteiger partial charge in [-0.05, 0) is 83.5 Å². The molecule has 1 fully saturated rings. The molecule has 1 saturated heterocycles. The molecule has 460 valence electrons. The van der Waals surface area contributed by atoms with E-state index in [2.05, 4.69) is 74.7 Å². The number of rotatable bonds is 56. The first-order valence-electron chi connectivity index (χ1n) is 33.1. The van der Waals surface area contributed by atoms with Crippen molar-refractivity contribution in [2.75, 3.05) is 13.2 Å². The number of esters is 1. The van der Waals surface area contributed by atoms with Crippen LogP contribution in [0.3, 0.4) is 0 Å². The van der Waals surface area contributed by atoms with Gasteiger partial charge in [0, 0.05) is 6.42 Å². The molecule has 1 aliphatic heterocycles. The molecule has 0 saturated carbocycles. The van der Waals surface area contributed by atoms with Gasteiger partial charge in [-0.25, -0.2) is 0 Å². The van der Waals surface area contributed by atoms with Crippen LogP contribution in [0.15, 0.2) is 60.8 Å². The Hall–Kier alpha value is -2.64. The Morgan fingerprint density at radius 2 is 0.911 bits per heavy atom. The molecule has 8 atom stereocenters. The molecule has 0 aliphatic carbocycles. The van der Waals surface area contributed by atoms with Gasteiger partial charge in [-0.15, -0.1) is 0 Å². The number of ether oxygens (including phenoxy) is 3. The Labute approximate surface area is 484 Å². The van der Waals surface area contributed by atoms with Gasteiger partial charge in [0.15, 0.2) is 12.4 Å². The topological polar surface area (TPSA) is 175 Å². The van der Waals surface area contributed by atoms with Crippen LogP contribution >= 0.6 is 0 Å². The SMILES string of the molecule is CCCCC/C=C\C/C=C\CCCCCCCCCCCCCCCCC(O)C(=O)NC(COC1OC(CO)C(O)C(O)C1OC(=O)CCCCCCCC/C=C/C=C/CCCCC)C(O)/C=C/CCCCCCCCCCC. The van der Waals surface area contributed by atoms with E-state index in [9.17, 15) is 35.1 Å². The highest BCUT2D eigenvalue weighted by molar-refractivity contribution is 5.80. The van der Waals surface area contributed by atoms with E-state index >= 15 is 0 Å². The zero-order chi connectivity index (χ0) is 57.5. The van der Waals surface area contributed by atoms with Crippen molar-refractivity contribution in [3.8, 4) is 0 Å². The number of hydrogen-bond acceptors (Lipinski definition) is 10. The molecule has 1 rings (SSSR count). The largest absolute Gasteiger partial charge is 0.454 e. The quantitative estimate of drug-likeness (QED) is 0.0149. The highest BCUT2D eigenvalue weighted by Crippen LogP contribution is 2.26. The minimum Gasteiger partial charge on any atom is -0.454 e. The first-order valence-corrected chi connectivity index (χ1v) is 33.1. The first kappa shape index (κ1) is 74.4. The maximum absolute atomic E-state index is 13.4. The third kappa shape index (κ3) is 43.7. The lowest BCUT2D eigenvalue weighted by Gasteiger charge is -2.41. The number of aliphatic hydroxyl groups is 5. The van der Waals surface area contributed by atoms with Crippen LogP contribution in [0.1, 0.15) is 297 Å².